The minimum absolute atomic E-state index is 0.0434. The zero-order valence-corrected chi connectivity index (χ0v) is 14.0. The van der Waals surface area contributed by atoms with Crippen molar-refractivity contribution in [3.05, 3.63) is 34.3 Å². The summed E-state index contributed by atoms with van der Waals surface area (Å²) >= 11 is 3.40. The summed E-state index contributed by atoms with van der Waals surface area (Å²) in [6.45, 7) is 3.07. The van der Waals surface area contributed by atoms with Gasteiger partial charge in [-0.1, -0.05) is 47.3 Å². The Kier molecular flexibility index (Phi) is 5.79. The third kappa shape index (κ3) is 4.16. The van der Waals surface area contributed by atoms with E-state index in [1.54, 1.807) is 0 Å². The average molecular weight is 338 g/mol. The Hall–Kier alpha value is -0.670. The quantitative estimate of drug-likeness (QED) is 0.735. The molecule has 0 saturated heterocycles. The van der Waals surface area contributed by atoms with Crippen molar-refractivity contribution < 1.29 is 4.79 Å². The maximum absolute atomic E-state index is 12.5. The predicted molar refractivity (Wildman–Crippen MR) is 87.1 cm³/mol. The molecule has 1 aliphatic carbocycles. The first-order valence-electron chi connectivity index (χ1n) is 7.58. The lowest BCUT2D eigenvalue weighted by atomic mass is 9.88. The fourth-order valence-electron chi connectivity index (χ4n) is 2.99. The highest BCUT2D eigenvalue weighted by molar-refractivity contribution is 9.10. The minimum atomic E-state index is -0.0434. The number of carbonyl (C=O) groups excluding carboxylic acids is 1. The molecule has 1 fully saturated rings. The summed E-state index contributed by atoms with van der Waals surface area (Å²) in [6.07, 6.45) is 6.74. The predicted octanol–water partition coefficient (Wildman–Crippen LogP) is 4.53. The number of nitrogens with zero attached hydrogens (tertiary/aromatic N) is 1. The Labute approximate surface area is 130 Å². The fraction of sp³-hybridized carbons (Fsp3) is 0.588. The summed E-state index contributed by atoms with van der Waals surface area (Å²) in [5.74, 6) is 0.990. The van der Waals surface area contributed by atoms with Gasteiger partial charge in [0, 0.05) is 16.6 Å². The van der Waals surface area contributed by atoms with E-state index in [1.165, 1.54) is 32.1 Å². The van der Waals surface area contributed by atoms with E-state index in [0.29, 0.717) is 0 Å². The molecule has 1 aromatic rings. The smallest absolute Gasteiger partial charge is 0.179 e. The van der Waals surface area contributed by atoms with E-state index in [-0.39, 0.29) is 11.8 Å². The molecule has 0 bridgehead atoms. The molecule has 1 atom stereocenters. The number of benzene rings is 1. The molecule has 0 aromatic heterocycles. The molecule has 1 unspecified atom stereocenters. The van der Waals surface area contributed by atoms with Gasteiger partial charge in [0.05, 0.1) is 6.04 Å². The van der Waals surface area contributed by atoms with Crippen molar-refractivity contribution in [1.82, 2.24) is 4.90 Å². The Morgan fingerprint density at radius 1 is 1.25 bits per heavy atom. The SMILES string of the molecule is CC(C(=O)c1ccc(Br)cc1)N(C)CC1CCCCC1. The molecule has 0 radical (unpaired) electrons. The Balaban J connectivity index is 1.93. The van der Waals surface area contributed by atoms with E-state index in [9.17, 15) is 4.79 Å². The highest BCUT2D eigenvalue weighted by atomic mass is 79.9. The minimum Gasteiger partial charge on any atom is -0.296 e. The molecule has 1 saturated carbocycles. The van der Waals surface area contributed by atoms with Crippen LogP contribution in [0.5, 0.6) is 0 Å². The van der Waals surface area contributed by atoms with Crippen LogP contribution in [0.25, 0.3) is 0 Å². The van der Waals surface area contributed by atoms with Gasteiger partial charge in [0.15, 0.2) is 5.78 Å². The first kappa shape index (κ1) is 15.7. The largest absolute Gasteiger partial charge is 0.296 e. The lowest BCUT2D eigenvalue weighted by Gasteiger charge is -2.30. The number of likely N-dealkylation sites (N-methyl/N-ethyl adjacent to an activating group) is 1. The number of hydrogen-bond acceptors (Lipinski definition) is 2. The van der Waals surface area contributed by atoms with Gasteiger partial charge in [-0.05, 0) is 44.9 Å². The number of hydrogen-bond donors (Lipinski definition) is 0. The van der Waals surface area contributed by atoms with Crippen LogP contribution in [0.2, 0.25) is 0 Å². The van der Waals surface area contributed by atoms with Gasteiger partial charge in [0.1, 0.15) is 0 Å². The van der Waals surface area contributed by atoms with Crippen LogP contribution in [-0.2, 0) is 0 Å². The van der Waals surface area contributed by atoms with Crippen molar-refractivity contribution in [2.24, 2.45) is 5.92 Å². The van der Waals surface area contributed by atoms with Crippen LogP contribution < -0.4 is 0 Å². The number of ketones is 1. The van der Waals surface area contributed by atoms with Crippen LogP contribution in [-0.4, -0.2) is 30.3 Å². The van der Waals surface area contributed by atoms with E-state index >= 15 is 0 Å². The van der Waals surface area contributed by atoms with Crippen molar-refractivity contribution in [2.75, 3.05) is 13.6 Å². The monoisotopic (exact) mass is 337 g/mol. The van der Waals surface area contributed by atoms with Crippen LogP contribution in [0.1, 0.15) is 49.4 Å². The third-order valence-corrected chi connectivity index (χ3v) is 4.97. The van der Waals surface area contributed by atoms with Gasteiger partial charge in [0.2, 0.25) is 0 Å². The molecule has 0 spiro atoms. The second kappa shape index (κ2) is 7.37. The summed E-state index contributed by atoms with van der Waals surface area (Å²) in [5, 5.41) is 0. The van der Waals surface area contributed by atoms with Gasteiger partial charge >= 0.3 is 0 Å². The van der Waals surface area contributed by atoms with Gasteiger partial charge in [0.25, 0.3) is 0 Å². The maximum Gasteiger partial charge on any atom is 0.179 e. The van der Waals surface area contributed by atoms with Crippen LogP contribution in [0.15, 0.2) is 28.7 Å². The first-order valence-corrected chi connectivity index (χ1v) is 8.37. The van der Waals surface area contributed by atoms with E-state index in [1.807, 2.05) is 31.2 Å². The Morgan fingerprint density at radius 3 is 2.45 bits per heavy atom. The number of rotatable bonds is 5. The molecule has 3 heteroatoms. The molecule has 110 valence electrons. The molecule has 0 aliphatic heterocycles. The maximum atomic E-state index is 12.5. The number of halogens is 1. The van der Waals surface area contributed by atoms with Crippen molar-refractivity contribution in [1.29, 1.82) is 0 Å². The highest BCUT2D eigenvalue weighted by Crippen LogP contribution is 2.25. The molecule has 2 nitrogen and oxygen atoms in total. The molecule has 2 rings (SSSR count). The zero-order chi connectivity index (χ0) is 14.5. The van der Waals surface area contributed by atoms with E-state index in [4.69, 9.17) is 0 Å². The van der Waals surface area contributed by atoms with Crippen LogP contribution in [0.4, 0.5) is 0 Å². The van der Waals surface area contributed by atoms with Crippen molar-refractivity contribution in [3.63, 3.8) is 0 Å². The van der Waals surface area contributed by atoms with Crippen LogP contribution in [0, 0.1) is 5.92 Å². The Bertz CT molecular complexity index is 437. The lowest BCUT2D eigenvalue weighted by molar-refractivity contribution is 0.0842. The molecule has 1 aliphatic rings. The van der Waals surface area contributed by atoms with E-state index < -0.39 is 0 Å². The summed E-state index contributed by atoms with van der Waals surface area (Å²) in [7, 11) is 2.08. The molecule has 1 aromatic carbocycles. The van der Waals surface area contributed by atoms with Crippen molar-refractivity contribution in [3.8, 4) is 0 Å². The van der Waals surface area contributed by atoms with Crippen molar-refractivity contribution >= 4 is 21.7 Å². The molecule has 0 heterocycles. The second-order valence-electron chi connectivity index (χ2n) is 5.99. The van der Waals surface area contributed by atoms with E-state index in [0.717, 1.165) is 22.5 Å². The molecule has 0 N–H and O–H groups in total. The fourth-order valence-corrected chi connectivity index (χ4v) is 3.25. The second-order valence-corrected chi connectivity index (χ2v) is 6.91. The first-order chi connectivity index (χ1) is 9.58. The normalized spacial score (nSPS) is 18.2. The van der Waals surface area contributed by atoms with Gasteiger partial charge in [-0.25, -0.2) is 0 Å². The average Bonchev–Trinajstić information content (AvgIpc) is 2.47. The molecule has 20 heavy (non-hydrogen) atoms. The van der Waals surface area contributed by atoms with Crippen molar-refractivity contribution in [2.45, 2.75) is 45.1 Å². The standard InChI is InChI=1S/C17H24BrNO/c1-13(17(20)15-8-10-16(18)11-9-15)19(2)12-14-6-4-3-5-7-14/h8-11,13-14H,3-7,12H2,1-2H3. The number of carbonyl (C=O) groups is 1. The summed E-state index contributed by atoms with van der Waals surface area (Å²) in [5.41, 5.74) is 0.802. The molecular formula is C17H24BrNO. The van der Waals surface area contributed by atoms with Crippen LogP contribution in [0.3, 0.4) is 0 Å². The molecular weight excluding hydrogens is 314 g/mol. The van der Waals surface area contributed by atoms with Gasteiger partial charge in [-0.2, -0.15) is 0 Å². The van der Waals surface area contributed by atoms with Gasteiger partial charge in [-0.15, -0.1) is 0 Å². The Morgan fingerprint density at radius 2 is 1.85 bits per heavy atom. The number of Topliss-reactive ketones (excluding diaryl/α,β-unsaturated/α-hetero) is 1. The third-order valence-electron chi connectivity index (χ3n) is 4.44. The summed E-state index contributed by atoms with van der Waals surface area (Å²) < 4.78 is 1.01. The molecule has 0 amide bonds. The topological polar surface area (TPSA) is 20.3 Å². The zero-order valence-electron chi connectivity index (χ0n) is 12.4. The van der Waals surface area contributed by atoms with Gasteiger partial charge in [-0.3, -0.25) is 9.69 Å². The van der Waals surface area contributed by atoms with Gasteiger partial charge < -0.3 is 0 Å². The lowest BCUT2D eigenvalue weighted by Crippen LogP contribution is -2.39. The summed E-state index contributed by atoms with van der Waals surface area (Å²) in [6, 6.07) is 7.62. The van der Waals surface area contributed by atoms with E-state index in [2.05, 4.69) is 27.9 Å². The highest BCUT2D eigenvalue weighted by Gasteiger charge is 2.23. The van der Waals surface area contributed by atoms with Crippen LogP contribution >= 0.6 is 15.9 Å². The summed E-state index contributed by atoms with van der Waals surface area (Å²) in [4.78, 5) is 14.7.